The third-order valence-corrected chi connectivity index (χ3v) is 6.40. The fourth-order valence-corrected chi connectivity index (χ4v) is 4.71. The Morgan fingerprint density at radius 1 is 1.10 bits per heavy atom. The summed E-state index contributed by atoms with van der Waals surface area (Å²) in [5.74, 6) is 0.0576. The second-order valence-electron chi connectivity index (χ2n) is 7.19. The molecule has 0 aliphatic heterocycles. The van der Waals surface area contributed by atoms with Crippen molar-refractivity contribution in [1.82, 2.24) is 4.72 Å². The summed E-state index contributed by atoms with van der Waals surface area (Å²) in [4.78, 5) is 11.3. The molecule has 3 N–H and O–H groups in total. The van der Waals surface area contributed by atoms with Gasteiger partial charge < -0.3 is 19.9 Å². The number of hydrogen-bond donors (Lipinski definition) is 3. The zero-order valence-corrected chi connectivity index (χ0v) is 19.1. The topological polar surface area (TPSA) is 114 Å². The van der Waals surface area contributed by atoms with Crippen LogP contribution >= 0.6 is 0 Å². The van der Waals surface area contributed by atoms with Crippen molar-refractivity contribution in [3.05, 3.63) is 47.5 Å². The lowest BCUT2D eigenvalue weighted by Gasteiger charge is -2.17. The van der Waals surface area contributed by atoms with Crippen LogP contribution < -0.4 is 19.5 Å². The van der Waals surface area contributed by atoms with Gasteiger partial charge in [-0.15, -0.1) is 0 Å². The molecule has 8 nitrogen and oxygen atoms in total. The van der Waals surface area contributed by atoms with Gasteiger partial charge in [0, 0.05) is 12.6 Å². The Morgan fingerprint density at radius 2 is 1.81 bits per heavy atom. The number of rotatable bonds is 12. The van der Waals surface area contributed by atoms with E-state index >= 15 is 0 Å². The lowest BCUT2D eigenvalue weighted by molar-refractivity contribution is 0.0696. The van der Waals surface area contributed by atoms with Crippen molar-refractivity contribution in [3.63, 3.8) is 0 Å². The maximum Gasteiger partial charge on any atom is 0.335 e. The third-order valence-electron chi connectivity index (χ3n) is 4.77. The monoisotopic (exact) mass is 450 g/mol. The molecule has 2 rings (SSSR count). The van der Waals surface area contributed by atoms with E-state index in [0.29, 0.717) is 36.6 Å². The van der Waals surface area contributed by atoms with E-state index < -0.39 is 16.0 Å². The van der Waals surface area contributed by atoms with Gasteiger partial charge in [-0.1, -0.05) is 19.4 Å². The van der Waals surface area contributed by atoms with E-state index in [1.807, 2.05) is 25.1 Å². The maximum atomic E-state index is 12.9. The van der Waals surface area contributed by atoms with Crippen molar-refractivity contribution < 1.29 is 27.8 Å². The van der Waals surface area contributed by atoms with Crippen molar-refractivity contribution in [2.45, 2.75) is 44.0 Å². The minimum Gasteiger partial charge on any atom is -0.493 e. The Bertz CT molecular complexity index is 1010. The van der Waals surface area contributed by atoms with Gasteiger partial charge in [-0.3, -0.25) is 0 Å². The highest BCUT2D eigenvalue weighted by atomic mass is 32.2. The fourth-order valence-electron chi connectivity index (χ4n) is 3.22. The molecule has 0 radical (unpaired) electrons. The first-order chi connectivity index (χ1) is 14.7. The smallest absolute Gasteiger partial charge is 0.335 e. The number of aromatic carboxylic acids is 1. The molecule has 0 heterocycles. The summed E-state index contributed by atoms with van der Waals surface area (Å²) in [6, 6.07) is 9.37. The average Bonchev–Trinajstić information content (AvgIpc) is 2.73. The van der Waals surface area contributed by atoms with Crippen LogP contribution in [0.4, 0.5) is 5.69 Å². The van der Waals surface area contributed by atoms with Crippen LogP contribution in [0.5, 0.6) is 11.5 Å². The second-order valence-corrected chi connectivity index (χ2v) is 8.88. The molecule has 0 aromatic heterocycles. The number of nitrogens with one attached hydrogen (secondary N) is 2. The van der Waals surface area contributed by atoms with Crippen LogP contribution in [0.1, 0.15) is 42.6 Å². The SMILES string of the molecule is CCCC(C)NS(=O)(=O)c1cc(C(=O)O)ccc1NCCc1ccc(OC)c(OC)c1. The molecule has 0 fully saturated rings. The quantitative estimate of drug-likeness (QED) is 0.453. The van der Waals surface area contributed by atoms with Crippen molar-refractivity contribution in [2.24, 2.45) is 0 Å². The lowest BCUT2D eigenvalue weighted by atomic mass is 10.1. The highest BCUT2D eigenvalue weighted by Gasteiger charge is 2.22. The maximum absolute atomic E-state index is 12.9. The van der Waals surface area contributed by atoms with E-state index in [4.69, 9.17) is 9.47 Å². The van der Waals surface area contributed by atoms with Gasteiger partial charge in [0.15, 0.2) is 11.5 Å². The minimum absolute atomic E-state index is 0.0809. The van der Waals surface area contributed by atoms with Crippen molar-refractivity contribution in [3.8, 4) is 11.5 Å². The molecule has 170 valence electrons. The summed E-state index contributed by atoms with van der Waals surface area (Å²) in [5.41, 5.74) is 1.24. The molecule has 0 bridgehead atoms. The van der Waals surface area contributed by atoms with Gasteiger partial charge in [0.2, 0.25) is 10.0 Å². The van der Waals surface area contributed by atoms with E-state index in [1.54, 1.807) is 21.1 Å². The van der Waals surface area contributed by atoms with Gasteiger partial charge in [0.05, 0.1) is 25.5 Å². The minimum atomic E-state index is -3.90. The lowest BCUT2D eigenvalue weighted by Crippen LogP contribution is -2.33. The van der Waals surface area contributed by atoms with E-state index in [9.17, 15) is 18.3 Å². The van der Waals surface area contributed by atoms with Crippen LogP contribution in [-0.2, 0) is 16.4 Å². The first-order valence-electron chi connectivity index (χ1n) is 10.1. The van der Waals surface area contributed by atoms with Crippen LogP contribution in [-0.4, -0.2) is 46.3 Å². The predicted molar refractivity (Wildman–Crippen MR) is 120 cm³/mol. The van der Waals surface area contributed by atoms with Gasteiger partial charge in [-0.05, 0) is 55.7 Å². The predicted octanol–water partition coefficient (Wildman–Crippen LogP) is 3.52. The second kappa shape index (κ2) is 11.0. The standard InChI is InChI=1S/C22H30N2O6S/c1-5-6-15(2)24-31(27,28)21-14-17(22(25)26)8-9-18(21)23-12-11-16-7-10-19(29-3)20(13-16)30-4/h7-10,13-15,23-24H,5-6,11-12H2,1-4H3,(H,25,26). The number of anilines is 1. The van der Waals surface area contributed by atoms with Gasteiger partial charge in [-0.2, -0.15) is 0 Å². The fraction of sp³-hybridized carbons (Fsp3) is 0.409. The molecule has 0 spiro atoms. The van der Waals surface area contributed by atoms with Crippen LogP contribution in [0.3, 0.4) is 0 Å². The molecular formula is C22H30N2O6S. The number of hydrogen-bond acceptors (Lipinski definition) is 6. The molecule has 1 atom stereocenters. The molecule has 31 heavy (non-hydrogen) atoms. The average molecular weight is 451 g/mol. The van der Waals surface area contributed by atoms with Crippen molar-refractivity contribution in [1.29, 1.82) is 0 Å². The van der Waals surface area contributed by atoms with Crippen LogP contribution in [0.2, 0.25) is 0 Å². The summed E-state index contributed by atoms with van der Waals surface area (Å²) in [6.45, 7) is 4.19. The summed E-state index contributed by atoms with van der Waals surface area (Å²) in [6.07, 6.45) is 2.11. The third kappa shape index (κ3) is 6.60. The summed E-state index contributed by atoms with van der Waals surface area (Å²) < 4.78 is 39.0. The zero-order valence-electron chi connectivity index (χ0n) is 18.3. The largest absolute Gasteiger partial charge is 0.493 e. The zero-order chi connectivity index (χ0) is 23.0. The summed E-state index contributed by atoms with van der Waals surface area (Å²) in [5, 5.41) is 12.4. The molecule has 2 aromatic carbocycles. The van der Waals surface area contributed by atoms with Crippen LogP contribution in [0, 0.1) is 0 Å². The molecule has 0 amide bonds. The number of carboxylic acid groups (broad SMARTS) is 1. The van der Waals surface area contributed by atoms with Crippen molar-refractivity contribution >= 4 is 21.7 Å². The van der Waals surface area contributed by atoms with Gasteiger partial charge in [0.25, 0.3) is 0 Å². The summed E-state index contributed by atoms with van der Waals surface area (Å²) in [7, 11) is -0.766. The van der Waals surface area contributed by atoms with Crippen molar-refractivity contribution in [2.75, 3.05) is 26.1 Å². The first kappa shape index (κ1) is 24.5. The number of carboxylic acids is 1. The highest BCUT2D eigenvalue weighted by Crippen LogP contribution is 2.28. The Morgan fingerprint density at radius 3 is 2.42 bits per heavy atom. The summed E-state index contributed by atoms with van der Waals surface area (Å²) >= 11 is 0. The van der Waals surface area contributed by atoms with Gasteiger partial charge in [0.1, 0.15) is 4.90 Å². The first-order valence-corrected chi connectivity index (χ1v) is 11.5. The number of methoxy groups -OCH3 is 2. The van der Waals surface area contributed by atoms with Gasteiger partial charge in [-0.25, -0.2) is 17.9 Å². The highest BCUT2D eigenvalue weighted by molar-refractivity contribution is 7.89. The molecule has 0 aliphatic rings. The van der Waals surface area contributed by atoms with Crippen LogP contribution in [0.25, 0.3) is 0 Å². The Hall–Kier alpha value is -2.78. The molecule has 1 unspecified atom stereocenters. The molecular weight excluding hydrogens is 420 g/mol. The van der Waals surface area contributed by atoms with Gasteiger partial charge >= 0.3 is 5.97 Å². The molecule has 0 aliphatic carbocycles. The molecule has 0 saturated heterocycles. The Labute approximate surface area is 183 Å². The number of ether oxygens (including phenoxy) is 2. The number of benzene rings is 2. The van der Waals surface area contributed by atoms with E-state index in [1.165, 1.54) is 18.2 Å². The molecule has 2 aromatic rings. The van der Waals surface area contributed by atoms with E-state index in [0.717, 1.165) is 12.0 Å². The molecule has 9 heteroatoms. The van der Waals surface area contributed by atoms with Crippen LogP contribution in [0.15, 0.2) is 41.3 Å². The van der Waals surface area contributed by atoms with E-state index in [2.05, 4.69) is 10.0 Å². The molecule has 0 saturated carbocycles. The Balaban J connectivity index is 2.23. The van der Waals surface area contributed by atoms with E-state index in [-0.39, 0.29) is 16.5 Å². The number of carbonyl (C=O) groups is 1. The number of sulfonamides is 1. The normalized spacial score (nSPS) is 12.3. The Kier molecular flexibility index (Phi) is 8.70.